The van der Waals surface area contributed by atoms with E-state index >= 15 is 0 Å². The van der Waals surface area contributed by atoms with E-state index in [-0.39, 0.29) is 5.60 Å². The molecule has 0 aliphatic carbocycles. The first-order valence-electron chi connectivity index (χ1n) is 4.35. The molecule has 2 nitrogen and oxygen atoms in total. The Morgan fingerprint density at radius 3 is 3.25 bits per heavy atom. The van der Waals surface area contributed by atoms with Gasteiger partial charge in [-0.25, -0.2) is 0 Å². The highest BCUT2D eigenvalue weighted by Crippen LogP contribution is 2.34. The van der Waals surface area contributed by atoms with Crippen LogP contribution in [0.2, 0.25) is 0 Å². The van der Waals surface area contributed by atoms with Crippen LogP contribution in [0.25, 0.3) is 0 Å². The van der Waals surface area contributed by atoms with Crippen molar-refractivity contribution in [3.8, 4) is 0 Å². The summed E-state index contributed by atoms with van der Waals surface area (Å²) in [5, 5.41) is 0. The van der Waals surface area contributed by atoms with E-state index in [1.165, 1.54) is 5.69 Å². The molecule has 12 heavy (non-hydrogen) atoms. The third kappa shape index (κ3) is 0.697. The van der Waals surface area contributed by atoms with Crippen molar-refractivity contribution >= 4 is 0 Å². The lowest BCUT2D eigenvalue weighted by atomic mass is 9.98. The van der Waals surface area contributed by atoms with Crippen LogP contribution >= 0.6 is 0 Å². The van der Waals surface area contributed by atoms with Gasteiger partial charge in [0.25, 0.3) is 0 Å². The summed E-state index contributed by atoms with van der Waals surface area (Å²) in [6, 6.07) is 4.28. The average Bonchev–Trinajstić information content (AvgIpc) is 2.66. The molecule has 62 valence electrons. The topological polar surface area (TPSA) is 14.2 Å². The predicted molar refractivity (Wildman–Crippen MR) is 45.7 cm³/mol. The Labute approximate surface area is 71.5 Å². The molecule has 3 rings (SSSR count). The molecule has 2 heteroatoms. The first-order valence-corrected chi connectivity index (χ1v) is 4.35. The number of nitrogens with zero attached hydrogens (tertiary/aromatic N) is 1. The van der Waals surface area contributed by atoms with Crippen LogP contribution in [-0.2, 0) is 17.7 Å². The molecule has 2 aliphatic rings. The lowest BCUT2D eigenvalue weighted by Gasteiger charge is -2.21. The summed E-state index contributed by atoms with van der Waals surface area (Å²) in [6.45, 7) is 1.02. The molecule has 0 N–H and O–H groups in total. The molecule has 2 aliphatic heterocycles. The zero-order valence-electron chi connectivity index (χ0n) is 6.86. The zero-order valence-corrected chi connectivity index (χ0v) is 6.86. The van der Waals surface area contributed by atoms with Crippen LogP contribution in [-0.4, -0.2) is 10.2 Å². The smallest absolute Gasteiger partial charge is 0.135 e. The van der Waals surface area contributed by atoms with Gasteiger partial charge in [0.15, 0.2) is 0 Å². The largest absolute Gasteiger partial charge is 0.493 e. The lowest BCUT2D eigenvalue weighted by Crippen LogP contribution is -2.29. The van der Waals surface area contributed by atoms with Crippen molar-refractivity contribution in [2.75, 3.05) is 0 Å². The van der Waals surface area contributed by atoms with Crippen molar-refractivity contribution in [3.05, 3.63) is 36.4 Å². The number of hydrogen-bond donors (Lipinski definition) is 0. The van der Waals surface area contributed by atoms with Crippen LogP contribution in [0.1, 0.15) is 12.1 Å². The fourth-order valence-electron chi connectivity index (χ4n) is 2.18. The number of ether oxygens (including phenoxy) is 1. The SMILES string of the molecule is C1=COC2(C1)Cc1cccn1C2. The van der Waals surface area contributed by atoms with Crippen molar-refractivity contribution in [3.63, 3.8) is 0 Å². The Morgan fingerprint density at radius 2 is 2.50 bits per heavy atom. The third-order valence-electron chi connectivity index (χ3n) is 2.79. The molecule has 1 spiro atoms. The summed E-state index contributed by atoms with van der Waals surface area (Å²) in [4.78, 5) is 0. The van der Waals surface area contributed by atoms with Crippen LogP contribution in [0.4, 0.5) is 0 Å². The third-order valence-corrected chi connectivity index (χ3v) is 2.79. The molecule has 1 aromatic rings. The lowest BCUT2D eigenvalue weighted by molar-refractivity contribution is 0.0458. The summed E-state index contributed by atoms with van der Waals surface area (Å²) in [5.74, 6) is 0. The minimum absolute atomic E-state index is 0.0800. The highest BCUT2D eigenvalue weighted by Gasteiger charge is 2.39. The van der Waals surface area contributed by atoms with Crippen LogP contribution < -0.4 is 0 Å². The van der Waals surface area contributed by atoms with Crippen molar-refractivity contribution < 1.29 is 4.74 Å². The van der Waals surface area contributed by atoms with Crippen LogP contribution in [0.15, 0.2) is 30.7 Å². The molecule has 0 amide bonds. The molecule has 0 radical (unpaired) electrons. The highest BCUT2D eigenvalue weighted by molar-refractivity contribution is 5.19. The molecule has 0 aromatic carbocycles. The molecule has 0 fully saturated rings. The number of hydrogen-bond acceptors (Lipinski definition) is 1. The van der Waals surface area contributed by atoms with Crippen LogP contribution in [0, 0.1) is 0 Å². The van der Waals surface area contributed by atoms with Gasteiger partial charge in [-0.2, -0.15) is 0 Å². The number of aromatic nitrogens is 1. The fraction of sp³-hybridized carbons (Fsp3) is 0.400. The normalized spacial score (nSPS) is 31.0. The Kier molecular flexibility index (Phi) is 1.03. The van der Waals surface area contributed by atoms with E-state index in [9.17, 15) is 0 Å². The van der Waals surface area contributed by atoms with Gasteiger partial charge >= 0.3 is 0 Å². The molecule has 1 atom stereocenters. The summed E-state index contributed by atoms with van der Waals surface area (Å²) in [7, 11) is 0. The molecule has 0 saturated heterocycles. The minimum Gasteiger partial charge on any atom is -0.493 e. The summed E-state index contributed by atoms with van der Waals surface area (Å²) in [5.41, 5.74) is 1.48. The molecule has 3 heterocycles. The molecular formula is C10H11NO. The molecule has 1 aromatic heterocycles. The van der Waals surface area contributed by atoms with Gasteiger partial charge in [0, 0.05) is 24.7 Å². The van der Waals surface area contributed by atoms with Crippen molar-refractivity contribution in [2.24, 2.45) is 0 Å². The van der Waals surface area contributed by atoms with Gasteiger partial charge in [-0.1, -0.05) is 0 Å². The van der Waals surface area contributed by atoms with Gasteiger partial charge in [0.1, 0.15) is 5.60 Å². The van der Waals surface area contributed by atoms with E-state index in [0.29, 0.717) is 0 Å². The molecule has 0 saturated carbocycles. The standard InChI is InChI=1S/C10H11NO/c1-3-9-7-10(4-2-6-12-10)8-11(9)5-1/h1-3,5-6H,4,7-8H2. The maximum atomic E-state index is 5.64. The van der Waals surface area contributed by atoms with Crippen LogP contribution in [0.3, 0.4) is 0 Å². The zero-order chi connectivity index (χ0) is 8.02. The van der Waals surface area contributed by atoms with E-state index in [2.05, 4.69) is 29.0 Å². The van der Waals surface area contributed by atoms with Gasteiger partial charge in [0.05, 0.1) is 12.8 Å². The number of rotatable bonds is 0. The summed E-state index contributed by atoms with van der Waals surface area (Å²) in [6.07, 6.45) is 8.21. The van der Waals surface area contributed by atoms with E-state index in [0.717, 1.165) is 19.4 Å². The molecule has 0 bridgehead atoms. The highest BCUT2D eigenvalue weighted by atomic mass is 16.5. The van der Waals surface area contributed by atoms with E-state index in [4.69, 9.17) is 4.74 Å². The van der Waals surface area contributed by atoms with Crippen molar-refractivity contribution in [2.45, 2.75) is 25.0 Å². The second-order valence-electron chi connectivity index (χ2n) is 3.68. The van der Waals surface area contributed by atoms with Gasteiger partial charge in [-0.15, -0.1) is 0 Å². The van der Waals surface area contributed by atoms with E-state index in [1.807, 2.05) is 6.26 Å². The summed E-state index contributed by atoms with van der Waals surface area (Å²) < 4.78 is 7.93. The maximum absolute atomic E-state index is 5.64. The minimum atomic E-state index is 0.0800. The van der Waals surface area contributed by atoms with Gasteiger partial charge in [0.2, 0.25) is 0 Å². The average molecular weight is 161 g/mol. The Bertz CT molecular complexity index is 307. The second kappa shape index (κ2) is 1.94. The Morgan fingerprint density at radius 1 is 1.50 bits per heavy atom. The van der Waals surface area contributed by atoms with E-state index < -0.39 is 0 Å². The Balaban J connectivity index is 1.95. The second-order valence-corrected chi connectivity index (χ2v) is 3.68. The fourth-order valence-corrected chi connectivity index (χ4v) is 2.18. The maximum Gasteiger partial charge on any atom is 0.135 e. The quantitative estimate of drug-likeness (QED) is 0.565. The van der Waals surface area contributed by atoms with E-state index in [1.54, 1.807) is 0 Å². The molecular weight excluding hydrogens is 150 g/mol. The van der Waals surface area contributed by atoms with Gasteiger partial charge in [-0.05, 0) is 18.2 Å². The van der Waals surface area contributed by atoms with Crippen molar-refractivity contribution in [1.82, 2.24) is 4.57 Å². The van der Waals surface area contributed by atoms with Gasteiger partial charge < -0.3 is 9.30 Å². The first-order chi connectivity index (χ1) is 5.88. The molecule has 1 unspecified atom stereocenters. The van der Waals surface area contributed by atoms with Crippen molar-refractivity contribution in [1.29, 1.82) is 0 Å². The van der Waals surface area contributed by atoms with Crippen LogP contribution in [0.5, 0.6) is 0 Å². The first kappa shape index (κ1) is 6.35. The van der Waals surface area contributed by atoms with Gasteiger partial charge in [-0.3, -0.25) is 0 Å². The number of fused-ring (bicyclic) bond motifs is 1. The predicted octanol–water partition coefficient (Wildman–Crippen LogP) is 1.72. The Hall–Kier alpha value is -1.18. The monoisotopic (exact) mass is 161 g/mol. The summed E-state index contributed by atoms with van der Waals surface area (Å²) >= 11 is 0.